The van der Waals surface area contributed by atoms with Crippen molar-refractivity contribution in [1.82, 2.24) is 4.72 Å². The van der Waals surface area contributed by atoms with Gasteiger partial charge >= 0.3 is 0 Å². The van der Waals surface area contributed by atoms with Gasteiger partial charge in [0.25, 0.3) is 0 Å². The standard InChI is InChI=1S/C17H20BrNO2S/c1-3-13-5-6-14(4-2)15(11-13)12-19-22(20,21)17-9-7-16(18)8-10-17/h5-11,19H,3-4,12H2,1-2H3. The van der Waals surface area contributed by atoms with Crippen LogP contribution in [0.25, 0.3) is 0 Å². The van der Waals surface area contributed by atoms with Crippen LogP contribution in [0, 0.1) is 0 Å². The first-order valence-corrected chi connectivity index (χ1v) is 9.59. The van der Waals surface area contributed by atoms with Gasteiger partial charge in [-0.15, -0.1) is 0 Å². The summed E-state index contributed by atoms with van der Waals surface area (Å²) in [4.78, 5) is 0.278. The van der Waals surface area contributed by atoms with Gasteiger partial charge in [0.2, 0.25) is 10.0 Å². The summed E-state index contributed by atoms with van der Waals surface area (Å²) in [5, 5.41) is 0. The van der Waals surface area contributed by atoms with E-state index in [2.05, 4.69) is 52.7 Å². The number of rotatable bonds is 6. The van der Waals surface area contributed by atoms with Crippen LogP contribution >= 0.6 is 15.9 Å². The minimum atomic E-state index is -3.49. The Morgan fingerprint density at radius 2 is 1.64 bits per heavy atom. The van der Waals surface area contributed by atoms with E-state index in [1.165, 1.54) is 11.1 Å². The average molecular weight is 382 g/mol. The van der Waals surface area contributed by atoms with Crippen LogP contribution < -0.4 is 4.72 Å². The minimum absolute atomic E-state index is 0.278. The lowest BCUT2D eigenvalue weighted by Crippen LogP contribution is -2.23. The Hall–Kier alpha value is -1.17. The van der Waals surface area contributed by atoms with Gasteiger partial charge in [0.05, 0.1) is 4.90 Å². The molecule has 0 radical (unpaired) electrons. The van der Waals surface area contributed by atoms with Crippen LogP contribution in [-0.2, 0) is 29.4 Å². The largest absolute Gasteiger partial charge is 0.240 e. The molecule has 0 heterocycles. The molecular weight excluding hydrogens is 362 g/mol. The fourth-order valence-corrected chi connectivity index (χ4v) is 3.55. The highest BCUT2D eigenvalue weighted by molar-refractivity contribution is 9.10. The van der Waals surface area contributed by atoms with Crippen molar-refractivity contribution in [3.8, 4) is 0 Å². The summed E-state index contributed by atoms with van der Waals surface area (Å²) in [6.07, 6.45) is 1.83. The smallest absolute Gasteiger partial charge is 0.207 e. The van der Waals surface area contributed by atoms with E-state index in [-0.39, 0.29) is 4.90 Å². The molecule has 0 spiro atoms. The van der Waals surface area contributed by atoms with E-state index in [0.717, 1.165) is 22.9 Å². The van der Waals surface area contributed by atoms with Crippen molar-refractivity contribution < 1.29 is 8.42 Å². The van der Waals surface area contributed by atoms with Crippen LogP contribution in [-0.4, -0.2) is 8.42 Å². The molecule has 0 aliphatic carbocycles. The van der Waals surface area contributed by atoms with Gasteiger partial charge in [-0.05, 0) is 53.8 Å². The van der Waals surface area contributed by atoms with Crippen LogP contribution in [0.15, 0.2) is 51.8 Å². The number of benzene rings is 2. The molecule has 0 unspecified atom stereocenters. The summed E-state index contributed by atoms with van der Waals surface area (Å²) >= 11 is 3.31. The molecule has 1 N–H and O–H groups in total. The normalized spacial score (nSPS) is 11.6. The zero-order chi connectivity index (χ0) is 16.2. The summed E-state index contributed by atoms with van der Waals surface area (Å²) in [5.74, 6) is 0. The first kappa shape index (κ1) is 17.2. The Balaban J connectivity index is 2.20. The maximum Gasteiger partial charge on any atom is 0.240 e. The minimum Gasteiger partial charge on any atom is -0.207 e. The Morgan fingerprint density at radius 1 is 0.955 bits per heavy atom. The lowest BCUT2D eigenvalue weighted by Gasteiger charge is -2.12. The number of nitrogens with one attached hydrogen (secondary N) is 1. The molecule has 118 valence electrons. The summed E-state index contributed by atoms with van der Waals surface area (Å²) in [5.41, 5.74) is 3.44. The summed E-state index contributed by atoms with van der Waals surface area (Å²) < 4.78 is 28.2. The van der Waals surface area contributed by atoms with Crippen molar-refractivity contribution in [2.75, 3.05) is 0 Å². The third-order valence-corrected chi connectivity index (χ3v) is 5.58. The lowest BCUT2D eigenvalue weighted by molar-refractivity contribution is 0.581. The third-order valence-electron chi connectivity index (χ3n) is 3.64. The van der Waals surface area contributed by atoms with Crippen molar-refractivity contribution in [1.29, 1.82) is 0 Å². The Kier molecular flexibility index (Phi) is 5.78. The second-order valence-corrected chi connectivity index (χ2v) is 7.77. The van der Waals surface area contributed by atoms with E-state index >= 15 is 0 Å². The molecule has 0 fully saturated rings. The highest BCUT2D eigenvalue weighted by Crippen LogP contribution is 2.17. The van der Waals surface area contributed by atoms with Crippen LogP contribution in [0.4, 0.5) is 0 Å². The van der Waals surface area contributed by atoms with E-state index in [1.54, 1.807) is 24.3 Å². The molecule has 22 heavy (non-hydrogen) atoms. The molecule has 2 aromatic rings. The second-order valence-electron chi connectivity index (χ2n) is 5.09. The average Bonchev–Trinajstić information content (AvgIpc) is 2.53. The number of hydrogen-bond donors (Lipinski definition) is 1. The van der Waals surface area contributed by atoms with Crippen molar-refractivity contribution in [2.45, 2.75) is 38.1 Å². The van der Waals surface area contributed by atoms with Crippen LogP contribution in [0.3, 0.4) is 0 Å². The molecule has 0 atom stereocenters. The van der Waals surface area contributed by atoms with Crippen LogP contribution in [0.2, 0.25) is 0 Å². The molecule has 0 aromatic heterocycles. The summed E-state index contributed by atoms with van der Waals surface area (Å²) in [7, 11) is -3.49. The third kappa shape index (κ3) is 4.18. The molecule has 2 rings (SSSR count). The fraction of sp³-hybridized carbons (Fsp3) is 0.294. The van der Waals surface area contributed by atoms with Crippen molar-refractivity contribution in [3.63, 3.8) is 0 Å². The van der Waals surface area contributed by atoms with E-state index in [0.29, 0.717) is 6.54 Å². The predicted octanol–water partition coefficient (Wildman–Crippen LogP) is 4.05. The van der Waals surface area contributed by atoms with E-state index in [4.69, 9.17) is 0 Å². The number of hydrogen-bond acceptors (Lipinski definition) is 2. The molecule has 3 nitrogen and oxygen atoms in total. The quantitative estimate of drug-likeness (QED) is 0.819. The molecule has 5 heteroatoms. The number of sulfonamides is 1. The van der Waals surface area contributed by atoms with Gasteiger partial charge in [0.15, 0.2) is 0 Å². The van der Waals surface area contributed by atoms with Gasteiger partial charge in [-0.2, -0.15) is 0 Å². The molecule has 0 saturated carbocycles. The Morgan fingerprint density at radius 3 is 2.23 bits per heavy atom. The van der Waals surface area contributed by atoms with Gasteiger partial charge < -0.3 is 0 Å². The first-order valence-electron chi connectivity index (χ1n) is 7.32. The topological polar surface area (TPSA) is 46.2 Å². The van der Waals surface area contributed by atoms with Crippen LogP contribution in [0.1, 0.15) is 30.5 Å². The summed E-state index contributed by atoms with van der Waals surface area (Å²) in [6.45, 7) is 4.49. The van der Waals surface area contributed by atoms with Gasteiger partial charge in [-0.3, -0.25) is 0 Å². The highest BCUT2D eigenvalue weighted by Gasteiger charge is 2.14. The van der Waals surface area contributed by atoms with Crippen molar-refractivity contribution in [2.24, 2.45) is 0 Å². The van der Waals surface area contributed by atoms with Gasteiger partial charge in [-0.25, -0.2) is 13.1 Å². The molecule has 2 aromatic carbocycles. The number of halogens is 1. The Labute approximate surface area is 140 Å². The fourth-order valence-electron chi connectivity index (χ4n) is 2.28. The number of aryl methyl sites for hydroxylation is 2. The molecular formula is C17H20BrNO2S. The maximum absolute atomic E-state index is 12.3. The summed E-state index contributed by atoms with van der Waals surface area (Å²) in [6, 6.07) is 12.9. The van der Waals surface area contributed by atoms with Gasteiger partial charge in [-0.1, -0.05) is 48.0 Å². The second kappa shape index (κ2) is 7.40. The molecule has 0 aliphatic rings. The van der Waals surface area contributed by atoms with Crippen molar-refractivity contribution in [3.05, 3.63) is 63.6 Å². The molecule has 0 saturated heterocycles. The van der Waals surface area contributed by atoms with Crippen molar-refractivity contribution >= 4 is 26.0 Å². The first-order chi connectivity index (χ1) is 10.5. The molecule has 0 amide bonds. The van der Waals surface area contributed by atoms with E-state index < -0.39 is 10.0 Å². The maximum atomic E-state index is 12.3. The zero-order valence-corrected chi connectivity index (χ0v) is 15.2. The SMILES string of the molecule is CCc1ccc(CC)c(CNS(=O)(=O)c2ccc(Br)cc2)c1. The van der Waals surface area contributed by atoms with E-state index in [9.17, 15) is 8.42 Å². The van der Waals surface area contributed by atoms with E-state index in [1.807, 2.05) is 0 Å². The Bertz CT molecular complexity index is 740. The molecule has 0 aliphatic heterocycles. The molecule has 0 bridgehead atoms. The van der Waals surface area contributed by atoms with Gasteiger partial charge in [0.1, 0.15) is 0 Å². The monoisotopic (exact) mass is 381 g/mol. The van der Waals surface area contributed by atoms with Gasteiger partial charge in [0, 0.05) is 11.0 Å². The van der Waals surface area contributed by atoms with Crippen LogP contribution in [0.5, 0.6) is 0 Å². The lowest BCUT2D eigenvalue weighted by atomic mass is 10.0. The predicted molar refractivity (Wildman–Crippen MR) is 93.4 cm³/mol. The zero-order valence-electron chi connectivity index (χ0n) is 12.8. The highest BCUT2D eigenvalue weighted by atomic mass is 79.9.